The lowest BCUT2D eigenvalue weighted by Gasteiger charge is -2.24. The van der Waals surface area contributed by atoms with Crippen molar-refractivity contribution in [3.63, 3.8) is 0 Å². The summed E-state index contributed by atoms with van der Waals surface area (Å²) < 4.78 is 5.42. The summed E-state index contributed by atoms with van der Waals surface area (Å²) in [6.07, 6.45) is 0.307. The predicted molar refractivity (Wildman–Crippen MR) is 75.7 cm³/mol. The van der Waals surface area contributed by atoms with Crippen LogP contribution >= 0.6 is 0 Å². The molecule has 4 nitrogen and oxygen atoms in total. The second-order valence-corrected chi connectivity index (χ2v) is 5.88. The fourth-order valence-electron chi connectivity index (χ4n) is 2.03. The third-order valence-corrected chi connectivity index (χ3v) is 3.22. The molecule has 0 amide bonds. The van der Waals surface area contributed by atoms with Crippen LogP contribution < -0.4 is 10.5 Å². The van der Waals surface area contributed by atoms with Crippen LogP contribution in [0.5, 0.6) is 5.75 Å². The lowest BCUT2D eigenvalue weighted by molar-refractivity contribution is -0.138. The average Bonchev–Trinajstić information content (AvgIpc) is 2.29. The number of ether oxygens (including phenoxy) is 1. The summed E-state index contributed by atoms with van der Waals surface area (Å²) in [6.45, 7) is 8.32. The number of benzene rings is 1. The number of methoxy groups -OCH3 is 1. The van der Waals surface area contributed by atoms with Crippen molar-refractivity contribution in [1.29, 1.82) is 0 Å². The maximum Gasteiger partial charge on any atom is 0.320 e. The Kier molecular flexibility index (Phi) is 4.58. The second-order valence-electron chi connectivity index (χ2n) is 5.88. The van der Waals surface area contributed by atoms with Gasteiger partial charge in [-0.15, -0.1) is 0 Å². The molecule has 0 aliphatic rings. The zero-order valence-electron chi connectivity index (χ0n) is 12.3. The van der Waals surface area contributed by atoms with Gasteiger partial charge in [0.1, 0.15) is 11.8 Å². The summed E-state index contributed by atoms with van der Waals surface area (Å²) in [4.78, 5) is 10.8. The Morgan fingerprint density at radius 3 is 2.42 bits per heavy atom. The summed E-state index contributed by atoms with van der Waals surface area (Å²) >= 11 is 0. The molecule has 4 heteroatoms. The topological polar surface area (TPSA) is 72.5 Å². The molecule has 106 valence electrons. The van der Waals surface area contributed by atoms with E-state index in [-0.39, 0.29) is 5.41 Å². The number of rotatable bonds is 4. The molecular formula is C15H23NO3. The van der Waals surface area contributed by atoms with Gasteiger partial charge >= 0.3 is 5.97 Å². The van der Waals surface area contributed by atoms with Gasteiger partial charge in [0.2, 0.25) is 0 Å². The summed E-state index contributed by atoms with van der Waals surface area (Å²) in [5.41, 5.74) is 8.64. The van der Waals surface area contributed by atoms with Crippen LogP contribution in [0.15, 0.2) is 12.1 Å². The number of carboxylic acid groups (broad SMARTS) is 1. The highest BCUT2D eigenvalue weighted by molar-refractivity contribution is 5.73. The van der Waals surface area contributed by atoms with Crippen LogP contribution in [-0.2, 0) is 16.6 Å². The van der Waals surface area contributed by atoms with E-state index in [4.69, 9.17) is 15.6 Å². The van der Waals surface area contributed by atoms with Crippen LogP contribution in [0.25, 0.3) is 0 Å². The first-order valence-corrected chi connectivity index (χ1v) is 6.33. The van der Waals surface area contributed by atoms with Gasteiger partial charge in [-0.3, -0.25) is 4.79 Å². The molecule has 0 aromatic heterocycles. The van der Waals surface area contributed by atoms with E-state index in [1.54, 1.807) is 7.11 Å². The van der Waals surface area contributed by atoms with Crippen LogP contribution in [0.3, 0.4) is 0 Å². The quantitative estimate of drug-likeness (QED) is 0.875. The maximum atomic E-state index is 10.8. The van der Waals surface area contributed by atoms with E-state index in [2.05, 4.69) is 26.8 Å². The van der Waals surface area contributed by atoms with Crippen molar-refractivity contribution in [2.24, 2.45) is 5.73 Å². The van der Waals surface area contributed by atoms with E-state index in [0.29, 0.717) is 6.42 Å². The Hall–Kier alpha value is -1.55. The normalized spacial score (nSPS) is 13.2. The van der Waals surface area contributed by atoms with Gasteiger partial charge < -0.3 is 15.6 Å². The lowest BCUT2D eigenvalue weighted by atomic mass is 9.84. The fourth-order valence-corrected chi connectivity index (χ4v) is 2.03. The van der Waals surface area contributed by atoms with E-state index in [1.165, 1.54) is 0 Å². The minimum Gasteiger partial charge on any atom is -0.496 e. The molecule has 1 rings (SSSR count). The number of aryl methyl sites for hydroxylation is 1. The lowest BCUT2D eigenvalue weighted by Crippen LogP contribution is -2.32. The monoisotopic (exact) mass is 265 g/mol. The van der Waals surface area contributed by atoms with E-state index in [9.17, 15) is 4.79 Å². The van der Waals surface area contributed by atoms with Crippen LogP contribution in [0.4, 0.5) is 0 Å². The Bertz CT molecular complexity index is 475. The number of hydrogen-bond donors (Lipinski definition) is 2. The van der Waals surface area contributed by atoms with Crippen molar-refractivity contribution >= 4 is 5.97 Å². The molecule has 0 radical (unpaired) electrons. The largest absolute Gasteiger partial charge is 0.496 e. The summed E-state index contributed by atoms with van der Waals surface area (Å²) in [5, 5.41) is 8.89. The minimum atomic E-state index is -0.988. The molecule has 1 aromatic carbocycles. The molecule has 0 aliphatic carbocycles. The van der Waals surface area contributed by atoms with E-state index < -0.39 is 12.0 Å². The van der Waals surface area contributed by atoms with Gasteiger partial charge in [0.25, 0.3) is 0 Å². The first-order chi connectivity index (χ1) is 8.66. The minimum absolute atomic E-state index is 0.0243. The first kappa shape index (κ1) is 15.5. The number of carbonyl (C=O) groups is 1. The number of aliphatic carboxylic acids is 1. The number of nitrogens with two attached hydrogens (primary N) is 1. The van der Waals surface area contributed by atoms with Gasteiger partial charge in [-0.25, -0.2) is 0 Å². The molecule has 0 saturated heterocycles. The Balaban J connectivity index is 3.20. The fraction of sp³-hybridized carbons (Fsp3) is 0.533. The number of hydrogen-bond acceptors (Lipinski definition) is 3. The molecule has 1 aromatic rings. The van der Waals surface area contributed by atoms with E-state index in [1.807, 2.05) is 13.0 Å². The standard InChI is InChI=1S/C15H23NO3/c1-9-6-11(15(2,3)4)13(19-5)8-10(9)7-12(16)14(17)18/h6,8,12H,7,16H2,1-5H3,(H,17,18). The molecular weight excluding hydrogens is 242 g/mol. The molecule has 3 N–H and O–H groups in total. The van der Waals surface area contributed by atoms with E-state index in [0.717, 1.165) is 22.4 Å². The zero-order chi connectivity index (χ0) is 14.8. The molecule has 1 atom stereocenters. The second kappa shape index (κ2) is 5.61. The Morgan fingerprint density at radius 1 is 1.42 bits per heavy atom. The highest BCUT2D eigenvalue weighted by Gasteiger charge is 2.21. The van der Waals surface area contributed by atoms with Gasteiger partial charge in [0, 0.05) is 0 Å². The SMILES string of the molecule is COc1cc(CC(N)C(=O)O)c(C)cc1C(C)(C)C. The van der Waals surface area contributed by atoms with Crippen molar-refractivity contribution in [3.05, 3.63) is 28.8 Å². The van der Waals surface area contributed by atoms with Crippen LogP contribution in [-0.4, -0.2) is 24.2 Å². The van der Waals surface area contributed by atoms with Gasteiger partial charge in [-0.05, 0) is 41.5 Å². The molecule has 0 aliphatic heterocycles. The van der Waals surface area contributed by atoms with Gasteiger partial charge in [0.15, 0.2) is 0 Å². The van der Waals surface area contributed by atoms with Gasteiger partial charge in [-0.1, -0.05) is 26.8 Å². The van der Waals surface area contributed by atoms with Crippen molar-refractivity contribution in [2.75, 3.05) is 7.11 Å². The van der Waals surface area contributed by atoms with Crippen molar-refractivity contribution in [1.82, 2.24) is 0 Å². The van der Waals surface area contributed by atoms with Gasteiger partial charge in [-0.2, -0.15) is 0 Å². The third-order valence-electron chi connectivity index (χ3n) is 3.22. The van der Waals surface area contributed by atoms with Gasteiger partial charge in [0.05, 0.1) is 7.11 Å². The summed E-state index contributed by atoms with van der Waals surface area (Å²) in [5.74, 6) is -0.205. The highest BCUT2D eigenvalue weighted by atomic mass is 16.5. The van der Waals surface area contributed by atoms with Crippen molar-refractivity contribution in [3.8, 4) is 5.75 Å². The highest BCUT2D eigenvalue weighted by Crippen LogP contribution is 2.33. The molecule has 0 bridgehead atoms. The molecule has 0 spiro atoms. The molecule has 19 heavy (non-hydrogen) atoms. The summed E-state index contributed by atoms with van der Waals surface area (Å²) in [6, 6.07) is 3.07. The van der Waals surface area contributed by atoms with Crippen LogP contribution in [0.1, 0.15) is 37.5 Å². The van der Waals surface area contributed by atoms with E-state index >= 15 is 0 Å². The smallest absolute Gasteiger partial charge is 0.320 e. The zero-order valence-corrected chi connectivity index (χ0v) is 12.3. The molecule has 0 heterocycles. The average molecular weight is 265 g/mol. The van der Waals surface area contributed by atoms with Crippen molar-refractivity contribution in [2.45, 2.75) is 45.6 Å². The molecule has 0 fully saturated rings. The first-order valence-electron chi connectivity index (χ1n) is 6.33. The predicted octanol–water partition coefficient (Wildman–Crippen LogP) is 2.26. The summed E-state index contributed by atoms with van der Waals surface area (Å²) in [7, 11) is 1.63. The molecule has 0 saturated carbocycles. The van der Waals surface area contributed by atoms with Crippen LogP contribution in [0, 0.1) is 6.92 Å². The van der Waals surface area contributed by atoms with Crippen LogP contribution in [0.2, 0.25) is 0 Å². The number of carboxylic acids is 1. The van der Waals surface area contributed by atoms with Crippen molar-refractivity contribution < 1.29 is 14.6 Å². The molecule has 1 unspecified atom stereocenters. The Morgan fingerprint density at radius 2 is 2.00 bits per heavy atom. The maximum absolute atomic E-state index is 10.8. The third kappa shape index (κ3) is 3.70. The Labute approximate surface area is 114 Å².